The van der Waals surface area contributed by atoms with Crippen molar-refractivity contribution in [2.75, 3.05) is 13.8 Å². The summed E-state index contributed by atoms with van der Waals surface area (Å²) in [6, 6.07) is 16.3. The maximum Gasteiger partial charge on any atom is 0.254 e. The highest BCUT2D eigenvalue weighted by Gasteiger charge is 2.19. The highest BCUT2D eigenvalue weighted by Crippen LogP contribution is 2.33. The van der Waals surface area contributed by atoms with Crippen LogP contribution in [0, 0.1) is 0 Å². The molecular formula is C20H16ClNO4. The van der Waals surface area contributed by atoms with Gasteiger partial charge in [0.1, 0.15) is 11.5 Å². The zero-order valence-corrected chi connectivity index (χ0v) is 14.8. The number of amides is 1. The summed E-state index contributed by atoms with van der Waals surface area (Å²) < 4.78 is 16.5. The van der Waals surface area contributed by atoms with E-state index in [1.54, 1.807) is 30.1 Å². The first-order valence-electron chi connectivity index (χ1n) is 8.10. The maximum atomic E-state index is 12.6. The van der Waals surface area contributed by atoms with Gasteiger partial charge in [0.05, 0.1) is 6.54 Å². The molecule has 1 aromatic heterocycles. The molecule has 0 N–H and O–H groups in total. The van der Waals surface area contributed by atoms with E-state index in [1.807, 2.05) is 36.4 Å². The maximum absolute atomic E-state index is 12.6. The number of ether oxygens (including phenoxy) is 2. The van der Waals surface area contributed by atoms with Gasteiger partial charge in [0.15, 0.2) is 11.5 Å². The third-order valence-corrected chi connectivity index (χ3v) is 4.40. The van der Waals surface area contributed by atoms with Gasteiger partial charge >= 0.3 is 0 Å². The summed E-state index contributed by atoms with van der Waals surface area (Å²) in [5.74, 6) is 2.56. The third kappa shape index (κ3) is 3.26. The van der Waals surface area contributed by atoms with Crippen molar-refractivity contribution in [3.05, 3.63) is 70.9 Å². The molecule has 0 fully saturated rings. The Morgan fingerprint density at radius 3 is 2.62 bits per heavy atom. The molecule has 0 aliphatic carbocycles. The van der Waals surface area contributed by atoms with Crippen LogP contribution in [0.5, 0.6) is 11.5 Å². The highest BCUT2D eigenvalue weighted by molar-refractivity contribution is 6.30. The lowest BCUT2D eigenvalue weighted by Gasteiger charge is -2.16. The van der Waals surface area contributed by atoms with Crippen molar-refractivity contribution in [2.24, 2.45) is 0 Å². The van der Waals surface area contributed by atoms with E-state index in [9.17, 15) is 4.79 Å². The Kier molecular flexibility index (Phi) is 4.31. The van der Waals surface area contributed by atoms with Crippen LogP contribution < -0.4 is 9.47 Å². The fraction of sp³-hybridized carbons (Fsp3) is 0.150. The summed E-state index contributed by atoms with van der Waals surface area (Å²) >= 11 is 5.91. The van der Waals surface area contributed by atoms with Gasteiger partial charge in [-0.15, -0.1) is 0 Å². The number of rotatable bonds is 4. The average molecular weight is 370 g/mol. The van der Waals surface area contributed by atoms with E-state index in [0.717, 1.165) is 11.3 Å². The van der Waals surface area contributed by atoms with Gasteiger partial charge in [-0.25, -0.2) is 0 Å². The predicted molar refractivity (Wildman–Crippen MR) is 97.5 cm³/mol. The third-order valence-electron chi connectivity index (χ3n) is 4.15. The molecule has 0 atom stereocenters. The molecule has 1 aliphatic rings. The van der Waals surface area contributed by atoms with Gasteiger partial charge in [-0.05, 0) is 54.6 Å². The van der Waals surface area contributed by atoms with Crippen LogP contribution in [-0.4, -0.2) is 24.6 Å². The summed E-state index contributed by atoms with van der Waals surface area (Å²) in [6.07, 6.45) is 0. The monoisotopic (exact) mass is 369 g/mol. The lowest BCUT2D eigenvalue weighted by molar-refractivity contribution is 0.0775. The first kappa shape index (κ1) is 16.5. The molecule has 0 unspecified atom stereocenters. The molecular weight excluding hydrogens is 354 g/mol. The summed E-state index contributed by atoms with van der Waals surface area (Å²) in [5, 5.41) is 0.676. The van der Waals surface area contributed by atoms with Gasteiger partial charge in [-0.3, -0.25) is 4.79 Å². The molecule has 0 radical (unpaired) electrons. The van der Waals surface area contributed by atoms with Gasteiger partial charge in [0, 0.05) is 23.2 Å². The molecule has 5 nitrogen and oxygen atoms in total. The molecule has 2 aromatic carbocycles. The summed E-state index contributed by atoms with van der Waals surface area (Å²) in [4.78, 5) is 14.2. The summed E-state index contributed by atoms with van der Waals surface area (Å²) in [6.45, 7) is 0.545. The number of nitrogens with zero attached hydrogens (tertiary/aromatic N) is 1. The van der Waals surface area contributed by atoms with Gasteiger partial charge < -0.3 is 18.8 Å². The van der Waals surface area contributed by atoms with Gasteiger partial charge in [0.2, 0.25) is 6.79 Å². The van der Waals surface area contributed by atoms with Crippen LogP contribution in [0.3, 0.4) is 0 Å². The van der Waals surface area contributed by atoms with Crippen molar-refractivity contribution in [2.45, 2.75) is 6.54 Å². The van der Waals surface area contributed by atoms with E-state index >= 15 is 0 Å². The van der Waals surface area contributed by atoms with Gasteiger partial charge in [-0.1, -0.05) is 11.6 Å². The molecule has 26 heavy (non-hydrogen) atoms. The molecule has 132 valence electrons. The van der Waals surface area contributed by atoms with E-state index in [4.69, 9.17) is 25.5 Å². The molecule has 0 spiro atoms. The molecule has 1 amide bonds. The fourth-order valence-corrected chi connectivity index (χ4v) is 2.91. The van der Waals surface area contributed by atoms with Crippen LogP contribution in [0.25, 0.3) is 11.3 Å². The first-order chi connectivity index (χ1) is 12.6. The van der Waals surface area contributed by atoms with E-state index < -0.39 is 0 Å². The number of fused-ring (bicyclic) bond motifs is 1. The quantitative estimate of drug-likeness (QED) is 0.674. The standard InChI is InChI=1S/C20H16ClNO4/c1-22(20(23)14-4-8-18-19(10-14)25-12-24-18)11-16-7-9-17(26-16)13-2-5-15(21)6-3-13/h2-10H,11-12H2,1H3. The fourth-order valence-electron chi connectivity index (χ4n) is 2.79. The lowest BCUT2D eigenvalue weighted by atomic mass is 10.1. The Morgan fingerprint density at radius 1 is 1.04 bits per heavy atom. The van der Waals surface area contributed by atoms with Crippen LogP contribution in [0.4, 0.5) is 0 Å². The number of hydrogen-bond acceptors (Lipinski definition) is 4. The van der Waals surface area contributed by atoms with Crippen molar-refractivity contribution in [1.82, 2.24) is 4.90 Å². The zero-order valence-electron chi connectivity index (χ0n) is 14.1. The van der Waals surface area contributed by atoms with E-state index in [-0.39, 0.29) is 12.7 Å². The van der Waals surface area contributed by atoms with Crippen LogP contribution in [0.1, 0.15) is 16.1 Å². The Balaban J connectivity index is 1.47. The number of benzene rings is 2. The first-order valence-corrected chi connectivity index (χ1v) is 8.48. The molecule has 6 heteroatoms. The molecule has 0 bridgehead atoms. The summed E-state index contributed by atoms with van der Waals surface area (Å²) in [5.41, 5.74) is 1.48. The highest BCUT2D eigenvalue weighted by atomic mass is 35.5. The topological polar surface area (TPSA) is 51.9 Å². The van der Waals surface area contributed by atoms with Crippen molar-refractivity contribution in [3.63, 3.8) is 0 Å². The normalized spacial score (nSPS) is 12.2. The largest absolute Gasteiger partial charge is 0.459 e. The van der Waals surface area contributed by atoms with Crippen molar-refractivity contribution >= 4 is 17.5 Å². The van der Waals surface area contributed by atoms with E-state index in [2.05, 4.69) is 0 Å². The van der Waals surface area contributed by atoms with E-state index in [0.29, 0.717) is 34.4 Å². The van der Waals surface area contributed by atoms with Crippen LogP contribution >= 0.6 is 11.6 Å². The van der Waals surface area contributed by atoms with Crippen molar-refractivity contribution < 1.29 is 18.7 Å². The minimum Gasteiger partial charge on any atom is -0.459 e. The van der Waals surface area contributed by atoms with E-state index in [1.165, 1.54) is 0 Å². The average Bonchev–Trinajstić information content (AvgIpc) is 3.30. The van der Waals surface area contributed by atoms with Crippen molar-refractivity contribution in [1.29, 1.82) is 0 Å². The Hall–Kier alpha value is -2.92. The van der Waals surface area contributed by atoms with Crippen molar-refractivity contribution in [3.8, 4) is 22.8 Å². The lowest BCUT2D eigenvalue weighted by Crippen LogP contribution is -2.25. The molecule has 2 heterocycles. The summed E-state index contributed by atoms with van der Waals surface area (Å²) in [7, 11) is 1.73. The Labute approximate surface area is 155 Å². The minimum absolute atomic E-state index is 0.118. The number of furan rings is 1. The van der Waals surface area contributed by atoms with Gasteiger partial charge in [-0.2, -0.15) is 0 Å². The van der Waals surface area contributed by atoms with Crippen LogP contribution in [0.2, 0.25) is 5.02 Å². The zero-order chi connectivity index (χ0) is 18.1. The Bertz CT molecular complexity index is 949. The predicted octanol–water partition coefficient (Wildman–Crippen LogP) is 4.60. The molecule has 4 rings (SSSR count). The molecule has 0 saturated carbocycles. The number of hydrogen-bond donors (Lipinski definition) is 0. The number of carbonyl (C=O) groups is 1. The smallest absolute Gasteiger partial charge is 0.254 e. The van der Waals surface area contributed by atoms with Gasteiger partial charge in [0.25, 0.3) is 5.91 Å². The van der Waals surface area contributed by atoms with Crippen LogP contribution in [-0.2, 0) is 6.54 Å². The minimum atomic E-state index is -0.118. The number of carbonyl (C=O) groups excluding carboxylic acids is 1. The number of halogens is 1. The van der Waals surface area contributed by atoms with Crippen LogP contribution in [0.15, 0.2) is 59.0 Å². The SMILES string of the molecule is CN(Cc1ccc(-c2ccc(Cl)cc2)o1)C(=O)c1ccc2c(c1)OCO2. The molecule has 0 saturated heterocycles. The molecule has 1 aliphatic heterocycles. The Morgan fingerprint density at radius 2 is 1.81 bits per heavy atom. The second-order valence-electron chi connectivity index (χ2n) is 6.00. The second-order valence-corrected chi connectivity index (χ2v) is 6.44. The molecule has 3 aromatic rings. The second kappa shape index (κ2) is 6.77.